The van der Waals surface area contributed by atoms with Gasteiger partial charge >= 0.3 is 0 Å². The van der Waals surface area contributed by atoms with E-state index in [0.717, 1.165) is 10.2 Å². The number of oxime groups is 1. The van der Waals surface area contributed by atoms with Crippen LogP contribution in [0.25, 0.3) is 11.4 Å². The maximum atomic E-state index is 5.21. The second kappa shape index (κ2) is 4.29. The van der Waals surface area contributed by atoms with Gasteiger partial charge in [0, 0.05) is 12.0 Å². The van der Waals surface area contributed by atoms with Gasteiger partial charge < -0.3 is 4.84 Å². The van der Waals surface area contributed by atoms with Crippen LogP contribution in [0.15, 0.2) is 35.5 Å². The summed E-state index contributed by atoms with van der Waals surface area (Å²) in [6.45, 7) is 0. The van der Waals surface area contributed by atoms with Gasteiger partial charge in [0.2, 0.25) is 0 Å². The summed E-state index contributed by atoms with van der Waals surface area (Å²) in [5.74, 6) is 1.37. The summed E-state index contributed by atoms with van der Waals surface area (Å²) in [7, 11) is 0. The number of benzene rings is 1. The minimum absolute atomic E-state index is 0.172. The highest BCUT2D eigenvalue weighted by atomic mass is 79.9. The fraction of sp³-hybridized carbons (Fsp3) is 0.182. The Morgan fingerprint density at radius 1 is 1.29 bits per heavy atom. The Labute approximate surface area is 106 Å². The number of nitrogens with one attached hydrogen (secondary N) is 1. The first-order valence-corrected chi connectivity index (χ1v) is 5.98. The third-order valence-corrected chi connectivity index (χ3v) is 2.94. The molecule has 6 heteroatoms. The first-order chi connectivity index (χ1) is 8.33. The first kappa shape index (κ1) is 10.5. The average Bonchev–Trinajstić information content (AvgIpc) is 2.98. The van der Waals surface area contributed by atoms with Gasteiger partial charge in [-0.05, 0) is 15.9 Å². The lowest BCUT2D eigenvalue weighted by molar-refractivity contribution is 0.0795. The normalized spacial score (nSPS) is 18.9. The van der Waals surface area contributed by atoms with Crippen LogP contribution in [-0.2, 0) is 4.84 Å². The zero-order valence-electron chi connectivity index (χ0n) is 8.80. The van der Waals surface area contributed by atoms with Crippen molar-refractivity contribution in [1.29, 1.82) is 0 Å². The van der Waals surface area contributed by atoms with E-state index >= 15 is 0 Å². The summed E-state index contributed by atoms with van der Waals surface area (Å²) < 4.78 is 0.792. The molecule has 0 amide bonds. The highest BCUT2D eigenvalue weighted by Gasteiger charge is 2.24. The lowest BCUT2D eigenvalue weighted by atomic mass is 10.2. The SMILES string of the molecule is BrC1=NOC(c2nc(-c3ccccc3)n[nH]2)C1. The van der Waals surface area contributed by atoms with E-state index in [1.54, 1.807) is 0 Å². The van der Waals surface area contributed by atoms with Crippen molar-refractivity contribution in [1.82, 2.24) is 15.2 Å². The Hall–Kier alpha value is -1.69. The largest absolute Gasteiger partial charge is 0.383 e. The fourth-order valence-electron chi connectivity index (χ4n) is 1.63. The molecule has 0 saturated carbocycles. The summed E-state index contributed by atoms with van der Waals surface area (Å²) in [4.78, 5) is 9.62. The van der Waals surface area contributed by atoms with Crippen LogP contribution in [0, 0.1) is 0 Å². The summed E-state index contributed by atoms with van der Waals surface area (Å²) in [5.41, 5.74) is 0.980. The Morgan fingerprint density at radius 3 is 2.82 bits per heavy atom. The highest BCUT2D eigenvalue weighted by Crippen LogP contribution is 2.27. The molecule has 1 aliphatic heterocycles. The van der Waals surface area contributed by atoms with Crippen LogP contribution in [0.4, 0.5) is 0 Å². The molecule has 2 heterocycles. The molecule has 5 nitrogen and oxygen atoms in total. The third-order valence-electron chi connectivity index (χ3n) is 2.47. The molecule has 0 bridgehead atoms. The van der Waals surface area contributed by atoms with Crippen LogP contribution >= 0.6 is 15.9 Å². The molecule has 0 saturated heterocycles. The lowest BCUT2D eigenvalue weighted by Crippen LogP contribution is -1.99. The van der Waals surface area contributed by atoms with E-state index in [1.807, 2.05) is 30.3 Å². The minimum Gasteiger partial charge on any atom is -0.383 e. The van der Waals surface area contributed by atoms with E-state index in [9.17, 15) is 0 Å². The number of hydrogen-bond acceptors (Lipinski definition) is 4. The molecule has 0 fully saturated rings. The molecule has 1 aromatic heterocycles. The van der Waals surface area contributed by atoms with Crippen molar-refractivity contribution >= 4 is 20.6 Å². The van der Waals surface area contributed by atoms with E-state index in [0.29, 0.717) is 18.1 Å². The second-order valence-electron chi connectivity index (χ2n) is 3.68. The van der Waals surface area contributed by atoms with Gasteiger partial charge in [-0.1, -0.05) is 35.5 Å². The predicted octanol–water partition coefficient (Wildman–Crippen LogP) is 2.64. The molecular formula is C11H9BrN4O. The van der Waals surface area contributed by atoms with Gasteiger partial charge in [0.1, 0.15) is 4.62 Å². The number of rotatable bonds is 2. The van der Waals surface area contributed by atoms with Crippen LogP contribution in [0.3, 0.4) is 0 Å². The number of aromatic amines is 1. The van der Waals surface area contributed by atoms with Crippen LogP contribution in [0.1, 0.15) is 18.3 Å². The van der Waals surface area contributed by atoms with E-state index < -0.39 is 0 Å². The minimum atomic E-state index is -0.172. The summed E-state index contributed by atoms with van der Waals surface area (Å²) in [6.07, 6.45) is 0.512. The Kier molecular flexibility index (Phi) is 2.64. The first-order valence-electron chi connectivity index (χ1n) is 5.19. The maximum absolute atomic E-state index is 5.21. The molecule has 1 unspecified atom stereocenters. The molecule has 0 aliphatic carbocycles. The second-order valence-corrected chi connectivity index (χ2v) is 4.59. The van der Waals surface area contributed by atoms with Crippen molar-refractivity contribution < 1.29 is 4.84 Å². The zero-order chi connectivity index (χ0) is 11.7. The van der Waals surface area contributed by atoms with Gasteiger partial charge in [-0.2, -0.15) is 5.10 Å². The number of nitrogens with zero attached hydrogens (tertiary/aromatic N) is 3. The van der Waals surface area contributed by atoms with Crippen molar-refractivity contribution in [2.24, 2.45) is 5.16 Å². The van der Waals surface area contributed by atoms with Crippen molar-refractivity contribution in [2.45, 2.75) is 12.5 Å². The van der Waals surface area contributed by atoms with Crippen molar-refractivity contribution in [3.8, 4) is 11.4 Å². The molecule has 3 rings (SSSR count). The van der Waals surface area contributed by atoms with Gasteiger partial charge in [0.15, 0.2) is 17.8 Å². The van der Waals surface area contributed by atoms with Gasteiger partial charge in [0.25, 0.3) is 0 Å². The van der Waals surface area contributed by atoms with Gasteiger partial charge in [0.05, 0.1) is 0 Å². The van der Waals surface area contributed by atoms with Gasteiger partial charge in [-0.15, -0.1) is 0 Å². The average molecular weight is 293 g/mol. The molecule has 86 valence electrons. The topological polar surface area (TPSA) is 63.2 Å². The van der Waals surface area contributed by atoms with Crippen LogP contribution < -0.4 is 0 Å². The lowest BCUT2D eigenvalue weighted by Gasteiger charge is -2.01. The van der Waals surface area contributed by atoms with Gasteiger partial charge in [-0.3, -0.25) is 5.10 Å². The molecule has 1 aliphatic rings. The van der Waals surface area contributed by atoms with Crippen molar-refractivity contribution in [2.75, 3.05) is 0 Å². The summed E-state index contributed by atoms with van der Waals surface area (Å²) in [6, 6.07) is 9.81. The summed E-state index contributed by atoms with van der Waals surface area (Å²) in [5, 5.41) is 10.9. The number of halogens is 1. The van der Waals surface area contributed by atoms with E-state index in [-0.39, 0.29) is 6.10 Å². The van der Waals surface area contributed by atoms with Crippen molar-refractivity contribution in [3.05, 3.63) is 36.2 Å². The van der Waals surface area contributed by atoms with Crippen LogP contribution in [-0.4, -0.2) is 19.8 Å². The zero-order valence-corrected chi connectivity index (χ0v) is 10.4. The maximum Gasteiger partial charge on any atom is 0.192 e. The molecule has 1 aromatic carbocycles. The van der Waals surface area contributed by atoms with Crippen LogP contribution in [0.2, 0.25) is 0 Å². The molecular weight excluding hydrogens is 284 g/mol. The molecule has 2 aromatic rings. The Bertz CT molecular complexity index is 552. The third kappa shape index (κ3) is 2.08. The smallest absolute Gasteiger partial charge is 0.192 e. The fourth-order valence-corrected chi connectivity index (χ4v) is 2.01. The molecule has 0 spiro atoms. The van der Waals surface area contributed by atoms with Crippen molar-refractivity contribution in [3.63, 3.8) is 0 Å². The molecule has 0 radical (unpaired) electrons. The monoisotopic (exact) mass is 292 g/mol. The quantitative estimate of drug-likeness (QED) is 0.925. The highest BCUT2D eigenvalue weighted by molar-refractivity contribution is 9.18. The van der Waals surface area contributed by atoms with E-state index in [2.05, 4.69) is 36.3 Å². The number of hydrogen-bond donors (Lipinski definition) is 1. The molecule has 17 heavy (non-hydrogen) atoms. The molecule has 1 atom stereocenters. The number of H-pyrrole nitrogens is 1. The predicted molar refractivity (Wildman–Crippen MR) is 66.6 cm³/mol. The Morgan fingerprint density at radius 2 is 2.12 bits per heavy atom. The summed E-state index contributed by atoms with van der Waals surface area (Å²) >= 11 is 3.29. The van der Waals surface area contributed by atoms with E-state index in [1.165, 1.54) is 0 Å². The standard InChI is InChI=1S/C11H9BrN4O/c12-9-6-8(17-16-9)11-13-10(14-15-11)7-4-2-1-3-5-7/h1-5,8H,6H2,(H,13,14,15). The van der Waals surface area contributed by atoms with Crippen LogP contribution in [0.5, 0.6) is 0 Å². The Balaban J connectivity index is 1.84. The molecule has 1 N–H and O–H groups in total. The number of aromatic nitrogens is 3. The van der Waals surface area contributed by atoms with E-state index in [4.69, 9.17) is 4.84 Å². The van der Waals surface area contributed by atoms with Gasteiger partial charge in [-0.25, -0.2) is 4.98 Å².